The number of nitrogens with zero attached hydrogens (tertiary/aromatic N) is 1. The fraction of sp³-hybridized carbons (Fsp3) is 0.571. The second-order valence-corrected chi connectivity index (χ2v) is 5.17. The highest BCUT2D eigenvalue weighted by atomic mass is 19.1. The van der Waals surface area contributed by atoms with Crippen molar-refractivity contribution in [1.82, 2.24) is 0 Å². The van der Waals surface area contributed by atoms with Crippen molar-refractivity contribution in [2.75, 3.05) is 11.4 Å². The van der Waals surface area contributed by atoms with Gasteiger partial charge in [-0.1, -0.05) is 0 Å². The number of anilines is 1. The molecule has 0 aliphatic heterocycles. The molecule has 1 N–H and O–H groups in total. The highest BCUT2D eigenvalue weighted by Gasteiger charge is 2.26. The molecular formula is C14H20FNO. The topological polar surface area (TPSA) is 23.5 Å². The molecule has 3 heteroatoms. The van der Waals surface area contributed by atoms with Crippen LogP contribution >= 0.6 is 0 Å². The van der Waals surface area contributed by atoms with Crippen LogP contribution in [0.15, 0.2) is 18.2 Å². The molecule has 0 spiro atoms. The summed E-state index contributed by atoms with van der Waals surface area (Å²) >= 11 is 0. The molecule has 94 valence electrons. The number of benzene rings is 1. The van der Waals surface area contributed by atoms with Crippen LogP contribution in [-0.2, 0) is 6.61 Å². The zero-order valence-electron chi connectivity index (χ0n) is 10.5. The lowest BCUT2D eigenvalue weighted by molar-refractivity contribution is 0.281. The molecule has 0 radical (unpaired) electrons. The van der Waals surface area contributed by atoms with Gasteiger partial charge in [0.1, 0.15) is 5.82 Å². The van der Waals surface area contributed by atoms with Gasteiger partial charge in [-0.15, -0.1) is 0 Å². The van der Waals surface area contributed by atoms with E-state index in [-0.39, 0.29) is 12.4 Å². The van der Waals surface area contributed by atoms with Crippen LogP contribution in [0.4, 0.5) is 10.1 Å². The van der Waals surface area contributed by atoms with Gasteiger partial charge in [0.05, 0.1) is 6.61 Å². The molecule has 0 bridgehead atoms. The van der Waals surface area contributed by atoms with Crippen LogP contribution in [0.2, 0.25) is 0 Å². The van der Waals surface area contributed by atoms with Crippen molar-refractivity contribution >= 4 is 5.69 Å². The number of aliphatic hydroxyl groups excluding tert-OH is 1. The molecular weight excluding hydrogens is 217 g/mol. The maximum atomic E-state index is 13.5. The molecule has 2 nitrogen and oxygen atoms in total. The van der Waals surface area contributed by atoms with Gasteiger partial charge in [-0.3, -0.25) is 0 Å². The molecule has 1 aliphatic carbocycles. The molecule has 0 atom stereocenters. The van der Waals surface area contributed by atoms with Crippen molar-refractivity contribution in [3.8, 4) is 0 Å². The van der Waals surface area contributed by atoms with E-state index in [4.69, 9.17) is 5.11 Å². The fourth-order valence-electron chi connectivity index (χ4n) is 2.08. The predicted octanol–water partition coefficient (Wildman–Crippen LogP) is 2.94. The first-order chi connectivity index (χ1) is 8.10. The van der Waals surface area contributed by atoms with Crippen LogP contribution in [0.25, 0.3) is 0 Å². The summed E-state index contributed by atoms with van der Waals surface area (Å²) in [6, 6.07) is 5.18. The fourth-order valence-corrected chi connectivity index (χ4v) is 2.08. The Morgan fingerprint density at radius 2 is 2.06 bits per heavy atom. The van der Waals surface area contributed by atoms with Crippen LogP contribution in [0.1, 0.15) is 32.3 Å². The van der Waals surface area contributed by atoms with E-state index in [9.17, 15) is 4.39 Å². The minimum absolute atomic E-state index is 0.111. The molecule has 1 saturated carbocycles. The molecule has 17 heavy (non-hydrogen) atoms. The number of rotatable bonds is 5. The number of aliphatic hydroxyl groups is 1. The molecule has 0 aromatic heterocycles. The second kappa shape index (κ2) is 5.05. The van der Waals surface area contributed by atoms with Crippen LogP contribution in [0.5, 0.6) is 0 Å². The zero-order valence-corrected chi connectivity index (χ0v) is 10.5. The minimum Gasteiger partial charge on any atom is -0.392 e. The Hall–Kier alpha value is -1.09. The third-order valence-electron chi connectivity index (χ3n) is 3.23. The number of halogens is 1. The van der Waals surface area contributed by atoms with Crippen molar-refractivity contribution < 1.29 is 9.50 Å². The van der Waals surface area contributed by atoms with Gasteiger partial charge in [0.2, 0.25) is 0 Å². The molecule has 0 heterocycles. The first-order valence-electron chi connectivity index (χ1n) is 6.27. The molecule has 0 saturated heterocycles. The van der Waals surface area contributed by atoms with E-state index < -0.39 is 0 Å². The predicted molar refractivity (Wildman–Crippen MR) is 67.5 cm³/mol. The van der Waals surface area contributed by atoms with Crippen molar-refractivity contribution in [2.24, 2.45) is 5.92 Å². The average Bonchev–Trinajstić information content (AvgIpc) is 3.08. The van der Waals surface area contributed by atoms with Crippen molar-refractivity contribution in [3.63, 3.8) is 0 Å². The maximum Gasteiger partial charge on any atom is 0.125 e. The molecule has 2 rings (SSSR count). The molecule has 1 aromatic carbocycles. The van der Waals surface area contributed by atoms with Gasteiger partial charge in [-0.05, 0) is 56.4 Å². The lowest BCUT2D eigenvalue weighted by atomic mass is 10.1. The Balaban J connectivity index is 2.23. The van der Waals surface area contributed by atoms with E-state index >= 15 is 0 Å². The van der Waals surface area contributed by atoms with Gasteiger partial charge >= 0.3 is 0 Å². The van der Waals surface area contributed by atoms with Gasteiger partial charge in [-0.25, -0.2) is 4.39 Å². The van der Waals surface area contributed by atoms with Gasteiger partial charge in [0.15, 0.2) is 0 Å². The zero-order chi connectivity index (χ0) is 12.4. The van der Waals surface area contributed by atoms with E-state index in [1.54, 1.807) is 6.07 Å². The van der Waals surface area contributed by atoms with Gasteiger partial charge in [0, 0.05) is 18.3 Å². The molecule has 0 amide bonds. The lowest BCUT2D eigenvalue weighted by Gasteiger charge is -2.29. The molecule has 1 aromatic rings. The highest BCUT2D eigenvalue weighted by Crippen LogP contribution is 2.32. The Bertz CT molecular complexity index is 388. The van der Waals surface area contributed by atoms with E-state index in [1.165, 1.54) is 18.9 Å². The van der Waals surface area contributed by atoms with E-state index in [0.717, 1.165) is 18.2 Å². The van der Waals surface area contributed by atoms with E-state index in [2.05, 4.69) is 18.7 Å². The summed E-state index contributed by atoms with van der Waals surface area (Å²) in [5.41, 5.74) is 1.53. The Morgan fingerprint density at radius 3 is 2.59 bits per heavy atom. The quantitative estimate of drug-likeness (QED) is 0.851. The Morgan fingerprint density at radius 1 is 1.35 bits per heavy atom. The molecule has 1 aliphatic rings. The summed E-state index contributed by atoms with van der Waals surface area (Å²) < 4.78 is 13.5. The first kappa shape index (κ1) is 12.4. The lowest BCUT2D eigenvalue weighted by Crippen LogP contribution is -2.32. The van der Waals surface area contributed by atoms with Gasteiger partial charge in [-0.2, -0.15) is 0 Å². The summed E-state index contributed by atoms with van der Waals surface area (Å²) in [6.07, 6.45) is 2.57. The molecule has 0 unspecified atom stereocenters. The summed E-state index contributed by atoms with van der Waals surface area (Å²) in [6.45, 7) is 5.12. The third-order valence-corrected chi connectivity index (χ3v) is 3.23. The van der Waals surface area contributed by atoms with Crippen LogP contribution in [0.3, 0.4) is 0 Å². The first-order valence-corrected chi connectivity index (χ1v) is 6.27. The maximum absolute atomic E-state index is 13.5. The number of hydrogen-bond acceptors (Lipinski definition) is 2. The minimum atomic E-state index is -0.270. The summed E-state index contributed by atoms with van der Waals surface area (Å²) in [5, 5.41) is 9.12. The summed E-state index contributed by atoms with van der Waals surface area (Å²) in [5.74, 6) is 0.492. The van der Waals surface area contributed by atoms with Crippen molar-refractivity contribution in [1.29, 1.82) is 0 Å². The summed E-state index contributed by atoms with van der Waals surface area (Å²) in [7, 11) is 0. The third kappa shape index (κ3) is 3.19. The summed E-state index contributed by atoms with van der Waals surface area (Å²) in [4.78, 5) is 2.22. The van der Waals surface area contributed by atoms with Gasteiger partial charge in [0.25, 0.3) is 0 Å². The van der Waals surface area contributed by atoms with E-state index in [1.807, 2.05) is 6.07 Å². The average molecular weight is 237 g/mol. The Kier molecular flexibility index (Phi) is 3.67. The van der Waals surface area contributed by atoms with Crippen LogP contribution in [0, 0.1) is 11.7 Å². The van der Waals surface area contributed by atoms with Crippen LogP contribution < -0.4 is 4.90 Å². The normalized spacial score (nSPS) is 15.4. The molecule has 1 fully saturated rings. The highest BCUT2D eigenvalue weighted by molar-refractivity contribution is 5.50. The Labute approximate surface area is 102 Å². The standard InChI is InChI=1S/C14H20FNO/c1-10(2)16(8-11-3-4-11)14-6-12(9-17)5-13(15)7-14/h5-7,10-11,17H,3-4,8-9H2,1-2H3. The van der Waals surface area contributed by atoms with Crippen molar-refractivity contribution in [2.45, 2.75) is 39.3 Å². The second-order valence-electron chi connectivity index (χ2n) is 5.17. The largest absolute Gasteiger partial charge is 0.392 e. The monoisotopic (exact) mass is 237 g/mol. The SMILES string of the molecule is CC(C)N(CC1CC1)c1cc(F)cc(CO)c1. The van der Waals surface area contributed by atoms with E-state index in [0.29, 0.717) is 11.6 Å². The number of hydrogen-bond donors (Lipinski definition) is 1. The van der Waals surface area contributed by atoms with Crippen LogP contribution in [-0.4, -0.2) is 17.7 Å². The van der Waals surface area contributed by atoms with Crippen molar-refractivity contribution in [3.05, 3.63) is 29.6 Å². The van der Waals surface area contributed by atoms with Gasteiger partial charge < -0.3 is 10.0 Å². The smallest absolute Gasteiger partial charge is 0.125 e.